The Morgan fingerprint density at radius 3 is 2.30 bits per heavy atom. The minimum Gasteiger partial charge on any atom is -0.342 e. The van der Waals surface area contributed by atoms with Crippen LogP contribution in [0.5, 0.6) is 0 Å². The molecule has 0 unspecified atom stereocenters. The Bertz CT molecular complexity index is 1100. The zero-order chi connectivity index (χ0) is 19.1. The van der Waals surface area contributed by atoms with Gasteiger partial charge in [0.15, 0.2) is 11.2 Å². The first-order chi connectivity index (χ1) is 13.0. The Kier molecular flexibility index (Phi) is 4.37. The van der Waals surface area contributed by atoms with Gasteiger partial charge >= 0.3 is 5.69 Å². The molecule has 3 aromatic rings. The second-order valence-corrected chi connectivity index (χ2v) is 7.41. The summed E-state index contributed by atoms with van der Waals surface area (Å²) in [6.45, 7) is 4.14. The summed E-state index contributed by atoms with van der Waals surface area (Å²) in [4.78, 5) is 32.9. The predicted molar refractivity (Wildman–Crippen MR) is 107 cm³/mol. The fraction of sp³-hybridized carbons (Fsp3) is 0.450. The fourth-order valence-corrected chi connectivity index (χ4v) is 3.82. The molecule has 4 rings (SSSR count). The SMILES string of the molecule is Cc1ccc(Cn2c(=O)c3c(nc(N4CCCCC4)n3C)n(C)c2=O)cc1. The number of piperidine rings is 1. The van der Waals surface area contributed by atoms with E-state index >= 15 is 0 Å². The molecular formula is C20H25N5O2. The van der Waals surface area contributed by atoms with Crippen LogP contribution in [0, 0.1) is 6.92 Å². The number of aryl methyl sites for hydroxylation is 3. The second-order valence-electron chi connectivity index (χ2n) is 7.41. The highest BCUT2D eigenvalue weighted by Crippen LogP contribution is 2.21. The third-order valence-electron chi connectivity index (χ3n) is 5.44. The van der Waals surface area contributed by atoms with Crippen LogP contribution >= 0.6 is 0 Å². The van der Waals surface area contributed by atoms with Crippen LogP contribution in [0.15, 0.2) is 33.9 Å². The van der Waals surface area contributed by atoms with Gasteiger partial charge in [-0.2, -0.15) is 4.98 Å². The minimum absolute atomic E-state index is 0.256. The zero-order valence-corrected chi connectivity index (χ0v) is 16.1. The Labute approximate surface area is 157 Å². The van der Waals surface area contributed by atoms with E-state index in [1.54, 1.807) is 7.05 Å². The van der Waals surface area contributed by atoms with Crippen molar-refractivity contribution in [1.29, 1.82) is 0 Å². The van der Waals surface area contributed by atoms with Crippen LogP contribution in [-0.2, 0) is 20.6 Å². The van der Waals surface area contributed by atoms with E-state index in [-0.39, 0.29) is 17.8 Å². The number of imidazole rings is 1. The summed E-state index contributed by atoms with van der Waals surface area (Å²) >= 11 is 0. The molecule has 27 heavy (non-hydrogen) atoms. The molecular weight excluding hydrogens is 342 g/mol. The third kappa shape index (κ3) is 2.97. The molecule has 0 radical (unpaired) electrons. The molecule has 3 heterocycles. The molecule has 1 aliphatic heterocycles. The molecule has 0 spiro atoms. The van der Waals surface area contributed by atoms with Crippen LogP contribution in [0.1, 0.15) is 30.4 Å². The maximum absolute atomic E-state index is 13.2. The number of anilines is 1. The average Bonchev–Trinajstić information content (AvgIpc) is 3.03. The van der Waals surface area contributed by atoms with Gasteiger partial charge in [-0.15, -0.1) is 0 Å². The number of benzene rings is 1. The lowest BCUT2D eigenvalue weighted by molar-refractivity contribution is 0.563. The number of hydrogen-bond acceptors (Lipinski definition) is 4. The van der Waals surface area contributed by atoms with Crippen LogP contribution in [-0.4, -0.2) is 31.8 Å². The first-order valence-electron chi connectivity index (χ1n) is 9.44. The van der Waals surface area contributed by atoms with Gasteiger partial charge in [0.1, 0.15) is 0 Å². The molecule has 0 N–H and O–H groups in total. The Morgan fingerprint density at radius 2 is 1.63 bits per heavy atom. The number of fused-ring (bicyclic) bond motifs is 1. The Balaban J connectivity index is 1.86. The molecule has 1 aromatic carbocycles. The minimum atomic E-state index is -0.337. The first kappa shape index (κ1) is 17.6. The molecule has 0 aliphatic carbocycles. The summed E-state index contributed by atoms with van der Waals surface area (Å²) in [6, 6.07) is 7.88. The van der Waals surface area contributed by atoms with Crippen molar-refractivity contribution in [3.05, 3.63) is 56.2 Å². The number of rotatable bonds is 3. The zero-order valence-electron chi connectivity index (χ0n) is 16.1. The van der Waals surface area contributed by atoms with Crippen LogP contribution in [0.2, 0.25) is 0 Å². The van der Waals surface area contributed by atoms with Crippen molar-refractivity contribution in [2.24, 2.45) is 14.1 Å². The lowest BCUT2D eigenvalue weighted by atomic mass is 10.1. The van der Waals surface area contributed by atoms with Crippen molar-refractivity contribution in [2.75, 3.05) is 18.0 Å². The monoisotopic (exact) mass is 367 g/mol. The van der Waals surface area contributed by atoms with Crippen molar-refractivity contribution >= 4 is 17.1 Å². The lowest BCUT2D eigenvalue weighted by Gasteiger charge is -2.27. The molecule has 2 aromatic heterocycles. The molecule has 0 saturated carbocycles. The Hall–Kier alpha value is -2.83. The normalized spacial score (nSPS) is 14.9. The fourth-order valence-electron chi connectivity index (χ4n) is 3.82. The second kappa shape index (κ2) is 6.72. The summed E-state index contributed by atoms with van der Waals surface area (Å²) in [7, 11) is 3.55. The molecule has 7 heteroatoms. The first-order valence-corrected chi connectivity index (χ1v) is 9.44. The summed E-state index contributed by atoms with van der Waals surface area (Å²) in [5.41, 5.74) is 2.38. The molecule has 1 aliphatic rings. The maximum atomic E-state index is 13.2. The third-order valence-corrected chi connectivity index (χ3v) is 5.44. The highest BCUT2D eigenvalue weighted by molar-refractivity contribution is 5.74. The van der Waals surface area contributed by atoms with Crippen molar-refractivity contribution in [2.45, 2.75) is 32.7 Å². The summed E-state index contributed by atoms with van der Waals surface area (Å²) in [5.74, 6) is 0.768. The largest absolute Gasteiger partial charge is 0.342 e. The molecule has 0 amide bonds. The van der Waals surface area contributed by atoms with Crippen LogP contribution < -0.4 is 16.1 Å². The number of aromatic nitrogens is 4. The van der Waals surface area contributed by atoms with E-state index in [1.165, 1.54) is 15.6 Å². The van der Waals surface area contributed by atoms with Gasteiger partial charge in [-0.3, -0.25) is 13.9 Å². The van der Waals surface area contributed by atoms with E-state index in [0.29, 0.717) is 11.2 Å². The van der Waals surface area contributed by atoms with Crippen molar-refractivity contribution in [1.82, 2.24) is 18.7 Å². The summed E-state index contributed by atoms with van der Waals surface area (Å²) < 4.78 is 4.63. The molecule has 142 valence electrons. The van der Waals surface area contributed by atoms with Crippen molar-refractivity contribution < 1.29 is 0 Å². The summed E-state index contributed by atoms with van der Waals surface area (Å²) in [5, 5.41) is 0. The smallest absolute Gasteiger partial charge is 0.332 e. The van der Waals surface area contributed by atoms with Crippen molar-refractivity contribution in [3.8, 4) is 0 Å². The maximum Gasteiger partial charge on any atom is 0.332 e. The van der Waals surface area contributed by atoms with E-state index in [4.69, 9.17) is 0 Å². The van der Waals surface area contributed by atoms with Gasteiger partial charge in [-0.05, 0) is 31.7 Å². The predicted octanol–water partition coefficient (Wildman–Crippen LogP) is 1.78. The van der Waals surface area contributed by atoms with Gasteiger partial charge in [0.2, 0.25) is 5.95 Å². The number of hydrogen-bond donors (Lipinski definition) is 0. The molecule has 7 nitrogen and oxygen atoms in total. The van der Waals surface area contributed by atoms with Gasteiger partial charge < -0.3 is 9.47 Å². The molecule has 0 atom stereocenters. The lowest BCUT2D eigenvalue weighted by Crippen LogP contribution is -2.39. The quantitative estimate of drug-likeness (QED) is 0.708. The van der Waals surface area contributed by atoms with Crippen LogP contribution in [0.25, 0.3) is 11.2 Å². The van der Waals surface area contributed by atoms with E-state index < -0.39 is 0 Å². The van der Waals surface area contributed by atoms with Gasteiger partial charge in [0.05, 0.1) is 6.54 Å². The Morgan fingerprint density at radius 1 is 0.963 bits per heavy atom. The molecule has 1 fully saturated rings. The van der Waals surface area contributed by atoms with Crippen molar-refractivity contribution in [3.63, 3.8) is 0 Å². The van der Waals surface area contributed by atoms with E-state index in [1.807, 2.05) is 42.8 Å². The number of nitrogens with zero attached hydrogens (tertiary/aromatic N) is 5. The molecule has 0 bridgehead atoms. The standard InChI is InChI=1S/C20H25N5O2/c1-14-7-9-15(10-8-14)13-25-18(26)16-17(23(3)20(25)27)21-19(22(16)2)24-11-5-4-6-12-24/h7-10H,4-6,11-13H2,1-3H3. The van der Waals surface area contributed by atoms with E-state index in [0.717, 1.165) is 43.0 Å². The summed E-state index contributed by atoms with van der Waals surface area (Å²) in [6.07, 6.45) is 3.47. The van der Waals surface area contributed by atoms with Crippen LogP contribution in [0.3, 0.4) is 0 Å². The highest BCUT2D eigenvalue weighted by atomic mass is 16.2. The van der Waals surface area contributed by atoms with Gasteiger partial charge in [0.25, 0.3) is 5.56 Å². The van der Waals surface area contributed by atoms with Crippen LogP contribution in [0.4, 0.5) is 5.95 Å². The van der Waals surface area contributed by atoms with E-state index in [9.17, 15) is 9.59 Å². The van der Waals surface area contributed by atoms with Gasteiger partial charge in [-0.25, -0.2) is 4.79 Å². The van der Waals surface area contributed by atoms with E-state index in [2.05, 4.69) is 9.88 Å². The average molecular weight is 367 g/mol. The highest BCUT2D eigenvalue weighted by Gasteiger charge is 2.22. The van der Waals surface area contributed by atoms with Gasteiger partial charge in [-0.1, -0.05) is 29.8 Å². The topological polar surface area (TPSA) is 65.1 Å². The van der Waals surface area contributed by atoms with Gasteiger partial charge in [0, 0.05) is 27.2 Å². The molecule has 1 saturated heterocycles.